The van der Waals surface area contributed by atoms with E-state index in [1.165, 1.54) is 0 Å². The number of likely N-dealkylation sites (tertiary alicyclic amines) is 1. The summed E-state index contributed by atoms with van der Waals surface area (Å²) in [4.78, 5) is 40.8. The van der Waals surface area contributed by atoms with Crippen LogP contribution < -0.4 is 10.6 Å². The van der Waals surface area contributed by atoms with Gasteiger partial charge in [0.25, 0.3) is 5.91 Å². The molecule has 4 aromatic rings. The van der Waals surface area contributed by atoms with Gasteiger partial charge in [0.1, 0.15) is 22.7 Å². The average molecular weight is 626 g/mol. The Morgan fingerprint density at radius 2 is 1.61 bits per heavy atom. The Bertz CT molecular complexity index is 1790. The third kappa shape index (κ3) is 7.85. The van der Waals surface area contributed by atoms with E-state index in [9.17, 15) is 14.4 Å². The van der Waals surface area contributed by atoms with E-state index in [4.69, 9.17) is 14.9 Å². The lowest BCUT2D eigenvalue weighted by Gasteiger charge is -2.34. The van der Waals surface area contributed by atoms with Gasteiger partial charge in [0.15, 0.2) is 0 Å². The van der Waals surface area contributed by atoms with Crippen LogP contribution in [0.1, 0.15) is 76.0 Å². The Morgan fingerprint density at radius 1 is 0.891 bits per heavy atom. The van der Waals surface area contributed by atoms with E-state index in [1.807, 2.05) is 67.8 Å². The lowest BCUT2D eigenvalue weighted by Crippen LogP contribution is -2.50. The van der Waals surface area contributed by atoms with Crippen molar-refractivity contribution >= 4 is 45.6 Å². The molecular weight excluding hydrogens is 582 g/mol. The van der Waals surface area contributed by atoms with Gasteiger partial charge in [-0.1, -0.05) is 54.6 Å². The summed E-state index contributed by atoms with van der Waals surface area (Å²) in [6.45, 7) is 12.1. The summed E-state index contributed by atoms with van der Waals surface area (Å²) < 4.78 is 12.9. The van der Waals surface area contributed by atoms with Crippen LogP contribution in [0.5, 0.6) is 0 Å². The second-order valence-corrected chi connectivity index (χ2v) is 13.8. The second-order valence-electron chi connectivity index (χ2n) is 13.8. The number of benzene rings is 3. The summed E-state index contributed by atoms with van der Waals surface area (Å²) in [6.07, 6.45) is 0.397. The highest BCUT2D eigenvalue weighted by molar-refractivity contribution is 6.07. The first-order valence-corrected chi connectivity index (χ1v) is 15.6. The Morgan fingerprint density at radius 3 is 2.35 bits per heavy atom. The molecule has 242 valence electrons. The van der Waals surface area contributed by atoms with E-state index in [0.717, 1.165) is 40.1 Å². The van der Waals surface area contributed by atoms with E-state index < -0.39 is 17.3 Å². The normalized spacial score (nSPS) is 15.4. The van der Waals surface area contributed by atoms with Gasteiger partial charge in [-0.05, 0) is 82.9 Å². The zero-order chi connectivity index (χ0) is 33.2. The highest BCUT2D eigenvalue weighted by Crippen LogP contribution is 2.27. The van der Waals surface area contributed by atoms with Crippen LogP contribution in [0.15, 0.2) is 66.7 Å². The number of hydrogen-bond acceptors (Lipinski definition) is 6. The number of amides is 3. The Balaban J connectivity index is 1.47. The number of amidine groups is 1. The van der Waals surface area contributed by atoms with Gasteiger partial charge in [-0.25, -0.2) is 9.59 Å². The van der Waals surface area contributed by atoms with Crippen LogP contribution in [0.25, 0.3) is 21.7 Å². The molecule has 1 aromatic heterocycles. The van der Waals surface area contributed by atoms with Crippen LogP contribution >= 0.6 is 0 Å². The standard InChI is InChI=1S/C36H43N5O5/c1-35(2,3)45-33(43)39-31(37)25-17-16-24-19-30(32(42)38-27-14-10-18-40(22-27)34(44)46-36(4,5)6)41(29(24)20-25)21-26-13-9-12-23-11-7-8-15-28(23)26/h7-9,11-13,15-17,19-20,27H,10,14,18,21-22H2,1-6H3,(H,38,42)(H2,37,39,43). The average Bonchev–Trinajstić information content (AvgIpc) is 3.33. The van der Waals surface area contributed by atoms with Crippen molar-refractivity contribution < 1.29 is 23.9 Å². The van der Waals surface area contributed by atoms with E-state index in [2.05, 4.69) is 28.8 Å². The molecule has 0 bridgehead atoms. The molecule has 10 nitrogen and oxygen atoms in total. The summed E-state index contributed by atoms with van der Waals surface area (Å²) in [5, 5.41) is 17.2. The monoisotopic (exact) mass is 625 g/mol. The summed E-state index contributed by atoms with van der Waals surface area (Å²) >= 11 is 0. The summed E-state index contributed by atoms with van der Waals surface area (Å²) in [6, 6.07) is 21.2. The smallest absolute Gasteiger partial charge is 0.413 e. The molecule has 0 radical (unpaired) electrons. The van der Waals surface area contributed by atoms with Crippen LogP contribution in [0.3, 0.4) is 0 Å². The SMILES string of the molecule is CC(C)(C)OC(=O)NC(=N)c1ccc2cc(C(=O)NC3CCCN(C(=O)OC(C)(C)C)C3)n(Cc3cccc4ccccc34)c2c1. The van der Waals surface area contributed by atoms with Crippen LogP contribution in [0.4, 0.5) is 9.59 Å². The molecule has 0 saturated carbocycles. The number of hydrogen-bond donors (Lipinski definition) is 3. The van der Waals surface area contributed by atoms with Gasteiger partial charge in [0.2, 0.25) is 0 Å². The van der Waals surface area contributed by atoms with Crippen molar-refractivity contribution in [1.29, 1.82) is 5.41 Å². The van der Waals surface area contributed by atoms with Crippen molar-refractivity contribution in [2.45, 2.75) is 78.2 Å². The zero-order valence-electron chi connectivity index (χ0n) is 27.4. The molecule has 0 spiro atoms. The Hall–Kier alpha value is -4.86. The van der Waals surface area contributed by atoms with Crippen molar-refractivity contribution in [2.75, 3.05) is 13.1 Å². The second kappa shape index (κ2) is 12.9. The molecule has 3 aromatic carbocycles. The number of fused-ring (bicyclic) bond motifs is 2. The minimum Gasteiger partial charge on any atom is -0.444 e. The quantitative estimate of drug-likeness (QED) is 0.166. The Kier molecular flexibility index (Phi) is 9.10. The topological polar surface area (TPSA) is 126 Å². The first kappa shape index (κ1) is 32.5. The largest absolute Gasteiger partial charge is 0.444 e. The Labute approximate surface area is 269 Å². The van der Waals surface area contributed by atoms with E-state index in [1.54, 1.807) is 31.7 Å². The summed E-state index contributed by atoms with van der Waals surface area (Å²) in [5.74, 6) is -0.361. The van der Waals surface area contributed by atoms with Crippen molar-refractivity contribution in [3.05, 3.63) is 83.6 Å². The zero-order valence-corrected chi connectivity index (χ0v) is 27.4. The van der Waals surface area contributed by atoms with Crippen molar-refractivity contribution in [3.63, 3.8) is 0 Å². The highest BCUT2D eigenvalue weighted by atomic mass is 16.6. The van der Waals surface area contributed by atoms with Gasteiger partial charge >= 0.3 is 12.2 Å². The van der Waals surface area contributed by atoms with Crippen molar-refractivity contribution in [2.24, 2.45) is 0 Å². The molecule has 1 aliphatic heterocycles. The number of carbonyl (C=O) groups is 3. The molecule has 2 heterocycles. The van der Waals surface area contributed by atoms with E-state index in [0.29, 0.717) is 30.9 Å². The lowest BCUT2D eigenvalue weighted by molar-refractivity contribution is 0.0185. The number of nitrogens with one attached hydrogen (secondary N) is 3. The number of carbonyl (C=O) groups excluding carboxylic acids is 3. The van der Waals surface area contributed by atoms with Crippen LogP contribution in [0, 0.1) is 5.41 Å². The number of alkyl carbamates (subject to hydrolysis) is 1. The third-order valence-electron chi connectivity index (χ3n) is 7.67. The molecule has 5 rings (SSSR count). The predicted molar refractivity (Wildman–Crippen MR) is 179 cm³/mol. The molecule has 1 fully saturated rings. The fraction of sp³-hybridized carbons (Fsp3) is 0.389. The minimum absolute atomic E-state index is 0.107. The van der Waals surface area contributed by atoms with Crippen LogP contribution in [-0.2, 0) is 16.0 Å². The fourth-order valence-electron chi connectivity index (χ4n) is 5.69. The first-order valence-electron chi connectivity index (χ1n) is 15.6. The van der Waals surface area contributed by atoms with Gasteiger partial charge in [-0.3, -0.25) is 15.5 Å². The highest BCUT2D eigenvalue weighted by Gasteiger charge is 2.29. The maximum Gasteiger partial charge on any atom is 0.413 e. The summed E-state index contributed by atoms with van der Waals surface area (Å²) in [5.41, 5.74) is 1.40. The summed E-state index contributed by atoms with van der Waals surface area (Å²) in [7, 11) is 0. The molecule has 1 atom stereocenters. The fourth-order valence-corrected chi connectivity index (χ4v) is 5.69. The maximum atomic E-state index is 14.0. The molecule has 1 saturated heterocycles. The van der Waals surface area contributed by atoms with Crippen LogP contribution in [-0.4, -0.2) is 63.7 Å². The van der Waals surface area contributed by atoms with Crippen molar-refractivity contribution in [1.82, 2.24) is 20.1 Å². The van der Waals surface area contributed by atoms with E-state index in [-0.39, 0.29) is 23.9 Å². The van der Waals surface area contributed by atoms with Gasteiger partial charge in [-0.2, -0.15) is 0 Å². The van der Waals surface area contributed by atoms with Gasteiger partial charge < -0.3 is 24.3 Å². The maximum absolute atomic E-state index is 14.0. The molecule has 3 amide bonds. The molecule has 3 N–H and O–H groups in total. The molecule has 1 unspecified atom stereocenters. The third-order valence-corrected chi connectivity index (χ3v) is 7.67. The van der Waals surface area contributed by atoms with Crippen LogP contribution in [0.2, 0.25) is 0 Å². The van der Waals surface area contributed by atoms with Gasteiger partial charge in [-0.15, -0.1) is 0 Å². The number of nitrogens with zero attached hydrogens (tertiary/aromatic N) is 2. The van der Waals surface area contributed by atoms with E-state index >= 15 is 0 Å². The van der Waals surface area contributed by atoms with Gasteiger partial charge in [0, 0.05) is 42.1 Å². The number of ether oxygens (including phenoxy) is 2. The molecule has 0 aliphatic carbocycles. The molecule has 1 aliphatic rings. The number of aromatic nitrogens is 1. The number of rotatable bonds is 5. The first-order chi connectivity index (χ1) is 21.7. The molecule has 46 heavy (non-hydrogen) atoms. The lowest BCUT2D eigenvalue weighted by atomic mass is 10.0. The predicted octanol–water partition coefficient (Wildman–Crippen LogP) is 6.82. The molecule has 10 heteroatoms. The minimum atomic E-state index is -0.711. The van der Waals surface area contributed by atoms with Gasteiger partial charge in [0.05, 0.1) is 0 Å². The number of piperidine rings is 1. The van der Waals surface area contributed by atoms with Crippen molar-refractivity contribution in [3.8, 4) is 0 Å². The molecular formula is C36H43N5O5.